The number of pyridine rings is 1. The molecule has 3 aromatic rings. The Kier molecular flexibility index (Phi) is 3.24. The number of hydrogen-bond acceptors (Lipinski definition) is 5. The molecular weight excluding hydrogens is 330 g/mol. The number of anilines is 2. The average Bonchev–Trinajstić information content (AvgIpc) is 3.29. The molecule has 0 saturated heterocycles. The van der Waals surface area contributed by atoms with Crippen LogP contribution in [-0.2, 0) is 4.79 Å². The van der Waals surface area contributed by atoms with Crippen molar-refractivity contribution in [1.82, 2.24) is 15.0 Å². The SMILES string of the molecule is O=C1Nc2ccc(-c3cnc4c(c3)NCCO4)cc2/C1=C/c1ncc[nH]1. The molecule has 0 saturated carbocycles. The summed E-state index contributed by atoms with van der Waals surface area (Å²) in [5.41, 5.74) is 5.06. The second kappa shape index (κ2) is 5.73. The van der Waals surface area contributed by atoms with Gasteiger partial charge in [-0.25, -0.2) is 9.97 Å². The maximum Gasteiger partial charge on any atom is 0.256 e. The first kappa shape index (κ1) is 14.7. The number of benzene rings is 1. The lowest BCUT2D eigenvalue weighted by atomic mass is 10.00. The van der Waals surface area contributed by atoms with Crippen LogP contribution in [0, 0.1) is 0 Å². The molecule has 2 aliphatic rings. The Bertz CT molecular complexity index is 1040. The van der Waals surface area contributed by atoms with Gasteiger partial charge in [-0.3, -0.25) is 4.79 Å². The van der Waals surface area contributed by atoms with E-state index < -0.39 is 0 Å². The number of aromatic amines is 1. The minimum absolute atomic E-state index is 0.132. The summed E-state index contributed by atoms with van der Waals surface area (Å²) in [7, 11) is 0. The van der Waals surface area contributed by atoms with E-state index in [0.717, 1.165) is 34.6 Å². The van der Waals surface area contributed by atoms with Crippen LogP contribution in [0.4, 0.5) is 11.4 Å². The molecule has 0 spiro atoms. The first-order valence-electron chi connectivity index (χ1n) is 8.32. The molecule has 7 nitrogen and oxygen atoms in total. The molecule has 1 amide bonds. The molecule has 5 rings (SSSR count). The van der Waals surface area contributed by atoms with Crippen LogP contribution in [0.1, 0.15) is 11.4 Å². The molecule has 1 aromatic carbocycles. The second-order valence-electron chi connectivity index (χ2n) is 6.10. The second-order valence-corrected chi connectivity index (χ2v) is 6.10. The van der Waals surface area contributed by atoms with Gasteiger partial charge < -0.3 is 20.4 Å². The number of nitrogens with zero attached hydrogens (tertiary/aromatic N) is 2. The molecule has 7 heteroatoms. The number of aromatic nitrogens is 3. The van der Waals surface area contributed by atoms with Gasteiger partial charge in [0.1, 0.15) is 12.4 Å². The minimum atomic E-state index is -0.132. The molecule has 26 heavy (non-hydrogen) atoms. The Labute approximate surface area is 149 Å². The number of imidazole rings is 1. The normalized spacial score (nSPS) is 16.5. The zero-order valence-electron chi connectivity index (χ0n) is 13.7. The number of carbonyl (C=O) groups is 1. The summed E-state index contributed by atoms with van der Waals surface area (Å²) >= 11 is 0. The van der Waals surface area contributed by atoms with Crippen molar-refractivity contribution < 1.29 is 9.53 Å². The van der Waals surface area contributed by atoms with Gasteiger partial charge in [-0.05, 0) is 29.8 Å². The lowest BCUT2D eigenvalue weighted by Gasteiger charge is -2.18. The first-order chi connectivity index (χ1) is 12.8. The average molecular weight is 345 g/mol. The van der Waals surface area contributed by atoms with Crippen molar-refractivity contribution in [2.75, 3.05) is 23.8 Å². The van der Waals surface area contributed by atoms with Crippen molar-refractivity contribution in [3.05, 3.63) is 54.2 Å². The van der Waals surface area contributed by atoms with Crippen molar-refractivity contribution in [1.29, 1.82) is 0 Å². The van der Waals surface area contributed by atoms with Crippen LogP contribution in [0.15, 0.2) is 42.9 Å². The summed E-state index contributed by atoms with van der Waals surface area (Å²) in [6.45, 7) is 1.38. The van der Waals surface area contributed by atoms with Gasteiger partial charge in [-0.2, -0.15) is 0 Å². The molecule has 4 heterocycles. The van der Waals surface area contributed by atoms with E-state index in [2.05, 4.69) is 25.6 Å². The quantitative estimate of drug-likeness (QED) is 0.621. The summed E-state index contributed by atoms with van der Waals surface area (Å²) in [6, 6.07) is 7.90. The molecular formula is C19H15N5O2. The molecule has 128 valence electrons. The van der Waals surface area contributed by atoms with Crippen molar-refractivity contribution in [3.63, 3.8) is 0 Å². The van der Waals surface area contributed by atoms with Gasteiger partial charge in [0.25, 0.3) is 5.91 Å². The lowest BCUT2D eigenvalue weighted by molar-refractivity contribution is -0.110. The lowest BCUT2D eigenvalue weighted by Crippen LogP contribution is -2.18. The Morgan fingerprint density at radius 3 is 2.96 bits per heavy atom. The Balaban J connectivity index is 1.58. The van der Waals surface area contributed by atoms with Crippen molar-refractivity contribution in [3.8, 4) is 17.0 Å². The summed E-state index contributed by atoms with van der Waals surface area (Å²) < 4.78 is 5.53. The number of nitrogens with one attached hydrogen (secondary N) is 3. The molecule has 3 N–H and O–H groups in total. The van der Waals surface area contributed by atoms with E-state index >= 15 is 0 Å². The largest absolute Gasteiger partial charge is 0.474 e. The predicted octanol–water partition coefficient (Wildman–Crippen LogP) is 2.77. The number of rotatable bonds is 2. The van der Waals surface area contributed by atoms with Gasteiger partial charge >= 0.3 is 0 Å². The highest BCUT2D eigenvalue weighted by Crippen LogP contribution is 2.37. The molecule has 0 atom stereocenters. The molecule has 2 aliphatic heterocycles. The number of amides is 1. The molecule has 0 aliphatic carbocycles. The predicted molar refractivity (Wildman–Crippen MR) is 98.7 cm³/mol. The van der Waals surface area contributed by atoms with Crippen molar-refractivity contribution >= 4 is 28.9 Å². The van der Waals surface area contributed by atoms with E-state index in [1.165, 1.54) is 0 Å². The number of carbonyl (C=O) groups excluding carboxylic acids is 1. The molecule has 2 aromatic heterocycles. The van der Waals surface area contributed by atoms with Gasteiger partial charge in [0.05, 0.1) is 11.3 Å². The van der Waals surface area contributed by atoms with Crippen molar-refractivity contribution in [2.45, 2.75) is 0 Å². The van der Waals surface area contributed by atoms with E-state index in [9.17, 15) is 4.79 Å². The Hall–Kier alpha value is -3.61. The molecule has 0 unspecified atom stereocenters. The van der Waals surface area contributed by atoms with Crippen LogP contribution in [0.2, 0.25) is 0 Å². The van der Waals surface area contributed by atoms with Crippen LogP contribution in [-0.4, -0.2) is 34.0 Å². The minimum Gasteiger partial charge on any atom is -0.474 e. The van der Waals surface area contributed by atoms with Crippen LogP contribution in [0.25, 0.3) is 22.8 Å². The summed E-state index contributed by atoms with van der Waals surface area (Å²) in [5.74, 6) is 1.13. The smallest absolute Gasteiger partial charge is 0.256 e. The van der Waals surface area contributed by atoms with E-state index in [-0.39, 0.29) is 5.91 Å². The van der Waals surface area contributed by atoms with Crippen LogP contribution < -0.4 is 15.4 Å². The number of fused-ring (bicyclic) bond motifs is 2. The van der Waals surface area contributed by atoms with Crippen LogP contribution in [0.5, 0.6) is 5.88 Å². The monoisotopic (exact) mass is 345 g/mol. The zero-order valence-corrected chi connectivity index (χ0v) is 13.7. The highest BCUT2D eigenvalue weighted by atomic mass is 16.5. The summed E-state index contributed by atoms with van der Waals surface area (Å²) in [4.78, 5) is 23.9. The summed E-state index contributed by atoms with van der Waals surface area (Å²) in [6.07, 6.45) is 6.92. The highest BCUT2D eigenvalue weighted by Gasteiger charge is 2.25. The topological polar surface area (TPSA) is 91.9 Å². The molecule has 0 bridgehead atoms. The standard InChI is InChI=1S/C19H15N5O2/c25-18-14(9-17-21-3-4-22-17)13-7-11(1-2-15(13)24-18)12-8-16-19(23-10-12)26-6-5-20-16/h1-4,7-10,20H,5-6H2,(H,21,22)(H,24,25)/b14-9-. The van der Waals surface area contributed by atoms with Gasteiger partial charge in [0, 0.05) is 41.9 Å². The third-order valence-electron chi connectivity index (χ3n) is 4.44. The first-order valence-corrected chi connectivity index (χ1v) is 8.32. The Morgan fingerprint density at radius 2 is 2.08 bits per heavy atom. The van der Waals surface area contributed by atoms with Gasteiger partial charge in [0.15, 0.2) is 0 Å². The van der Waals surface area contributed by atoms with E-state index in [0.29, 0.717) is 23.9 Å². The molecule has 0 radical (unpaired) electrons. The number of ether oxygens (including phenoxy) is 1. The fourth-order valence-electron chi connectivity index (χ4n) is 3.19. The van der Waals surface area contributed by atoms with Gasteiger partial charge in [-0.1, -0.05) is 6.07 Å². The van der Waals surface area contributed by atoms with Crippen LogP contribution >= 0.6 is 0 Å². The van der Waals surface area contributed by atoms with Crippen molar-refractivity contribution in [2.24, 2.45) is 0 Å². The highest BCUT2D eigenvalue weighted by molar-refractivity contribution is 6.34. The van der Waals surface area contributed by atoms with Crippen LogP contribution in [0.3, 0.4) is 0 Å². The van der Waals surface area contributed by atoms with Gasteiger partial charge in [-0.15, -0.1) is 0 Å². The molecule has 0 fully saturated rings. The number of H-pyrrole nitrogens is 1. The fraction of sp³-hybridized carbons (Fsp3) is 0.105. The zero-order chi connectivity index (χ0) is 17.5. The van der Waals surface area contributed by atoms with E-state index in [4.69, 9.17) is 4.74 Å². The summed E-state index contributed by atoms with van der Waals surface area (Å²) in [5, 5.41) is 6.18. The number of hydrogen-bond donors (Lipinski definition) is 3. The maximum absolute atomic E-state index is 12.3. The third kappa shape index (κ3) is 2.41. The Morgan fingerprint density at radius 1 is 1.12 bits per heavy atom. The van der Waals surface area contributed by atoms with E-state index in [1.807, 2.05) is 24.3 Å². The van der Waals surface area contributed by atoms with Gasteiger partial charge in [0.2, 0.25) is 5.88 Å². The fourth-order valence-corrected chi connectivity index (χ4v) is 3.19. The van der Waals surface area contributed by atoms with E-state index in [1.54, 1.807) is 24.7 Å². The third-order valence-corrected chi connectivity index (χ3v) is 4.44. The maximum atomic E-state index is 12.3.